The molecule has 0 fully saturated rings. The van der Waals surface area contributed by atoms with E-state index < -0.39 is 11.2 Å². The van der Waals surface area contributed by atoms with Crippen molar-refractivity contribution in [3.8, 4) is 0 Å². The van der Waals surface area contributed by atoms with Gasteiger partial charge in [-0.15, -0.1) is 0 Å². The van der Waals surface area contributed by atoms with Crippen molar-refractivity contribution in [2.45, 2.75) is 17.6 Å². The minimum atomic E-state index is -0.974. The highest BCUT2D eigenvalue weighted by Crippen LogP contribution is 2.16. The summed E-state index contributed by atoms with van der Waals surface area (Å²) in [5, 5.41) is 0. The predicted molar refractivity (Wildman–Crippen MR) is 66.6 cm³/mol. The maximum Gasteiger partial charge on any atom is 0.153 e. The van der Waals surface area contributed by atoms with Crippen LogP contribution in [0.3, 0.4) is 0 Å². The topological polar surface area (TPSA) is 23.1 Å². The SMILES string of the molecule is Cc1[c]c(C[S+]([O-])c2ccccc2)ccc1. The first-order chi connectivity index (χ1) is 7.75. The van der Waals surface area contributed by atoms with Crippen molar-refractivity contribution in [2.75, 3.05) is 0 Å². The van der Waals surface area contributed by atoms with Crippen LogP contribution in [0.5, 0.6) is 0 Å². The Hall–Kier alpha value is -1.25. The van der Waals surface area contributed by atoms with Crippen molar-refractivity contribution in [3.05, 3.63) is 65.7 Å². The molecule has 0 bridgehead atoms. The van der Waals surface area contributed by atoms with Crippen LogP contribution in [0.1, 0.15) is 11.1 Å². The van der Waals surface area contributed by atoms with E-state index in [1.807, 2.05) is 55.5 Å². The first-order valence-electron chi connectivity index (χ1n) is 5.17. The second kappa shape index (κ2) is 5.19. The number of hydrogen-bond acceptors (Lipinski definition) is 1. The summed E-state index contributed by atoms with van der Waals surface area (Å²) in [6.45, 7) is 1.99. The van der Waals surface area contributed by atoms with Gasteiger partial charge in [-0.1, -0.05) is 36.4 Å². The molecule has 1 radical (unpaired) electrons. The van der Waals surface area contributed by atoms with Crippen molar-refractivity contribution in [2.24, 2.45) is 0 Å². The summed E-state index contributed by atoms with van der Waals surface area (Å²) in [4.78, 5) is 0.873. The normalized spacial score (nSPS) is 12.4. The molecule has 0 spiro atoms. The molecular formula is C14H13OS. The molecule has 81 valence electrons. The van der Waals surface area contributed by atoms with E-state index in [4.69, 9.17) is 0 Å². The van der Waals surface area contributed by atoms with Crippen LogP contribution in [-0.4, -0.2) is 4.55 Å². The fraction of sp³-hybridized carbons (Fsp3) is 0.143. The second-order valence-electron chi connectivity index (χ2n) is 3.66. The van der Waals surface area contributed by atoms with E-state index >= 15 is 0 Å². The molecular weight excluding hydrogens is 216 g/mol. The molecule has 0 N–H and O–H groups in total. The molecule has 2 rings (SSSR count). The third-order valence-electron chi connectivity index (χ3n) is 2.29. The van der Waals surface area contributed by atoms with E-state index in [-0.39, 0.29) is 0 Å². The Balaban J connectivity index is 2.11. The van der Waals surface area contributed by atoms with Gasteiger partial charge in [0.25, 0.3) is 0 Å². The molecule has 0 heterocycles. The van der Waals surface area contributed by atoms with Gasteiger partial charge in [-0.25, -0.2) is 0 Å². The lowest BCUT2D eigenvalue weighted by molar-refractivity contribution is 0.594. The first-order valence-corrected chi connectivity index (χ1v) is 6.49. The second-order valence-corrected chi connectivity index (χ2v) is 5.11. The van der Waals surface area contributed by atoms with Crippen LogP contribution in [0, 0.1) is 13.0 Å². The molecule has 0 aliphatic heterocycles. The lowest BCUT2D eigenvalue weighted by Crippen LogP contribution is -2.04. The summed E-state index contributed by atoms with van der Waals surface area (Å²) < 4.78 is 12.0. The van der Waals surface area contributed by atoms with Gasteiger partial charge in [-0.3, -0.25) is 0 Å². The minimum absolute atomic E-state index is 0.533. The van der Waals surface area contributed by atoms with E-state index in [2.05, 4.69) is 6.07 Å². The molecule has 0 saturated heterocycles. The molecule has 0 saturated carbocycles. The number of rotatable bonds is 3. The van der Waals surface area contributed by atoms with Crippen LogP contribution in [0.2, 0.25) is 0 Å². The lowest BCUT2D eigenvalue weighted by Gasteiger charge is -2.10. The molecule has 2 aromatic rings. The number of benzene rings is 2. The quantitative estimate of drug-likeness (QED) is 0.742. The first kappa shape index (κ1) is 11.2. The van der Waals surface area contributed by atoms with Gasteiger partial charge in [0.05, 0.1) is 0 Å². The Labute approximate surface area is 99.3 Å². The molecule has 16 heavy (non-hydrogen) atoms. The summed E-state index contributed by atoms with van der Waals surface area (Å²) in [6, 6.07) is 18.7. The Bertz CT molecular complexity index is 453. The highest BCUT2D eigenvalue weighted by atomic mass is 32.2. The molecule has 0 aromatic heterocycles. The third-order valence-corrected chi connectivity index (χ3v) is 3.67. The van der Waals surface area contributed by atoms with Gasteiger partial charge in [0.15, 0.2) is 4.90 Å². The molecule has 1 nitrogen and oxygen atoms in total. The van der Waals surface area contributed by atoms with E-state index in [1.54, 1.807) is 0 Å². The third kappa shape index (κ3) is 2.87. The highest BCUT2D eigenvalue weighted by molar-refractivity contribution is 7.90. The number of hydrogen-bond donors (Lipinski definition) is 0. The smallest absolute Gasteiger partial charge is 0.153 e. The molecule has 0 aliphatic carbocycles. The fourth-order valence-corrected chi connectivity index (χ4v) is 2.60. The van der Waals surface area contributed by atoms with Gasteiger partial charge in [0, 0.05) is 5.56 Å². The minimum Gasteiger partial charge on any atom is -0.611 e. The summed E-state index contributed by atoms with van der Waals surface area (Å²) in [6.07, 6.45) is 0. The zero-order chi connectivity index (χ0) is 11.4. The average Bonchev–Trinajstić information content (AvgIpc) is 2.30. The Morgan fingerprint density at radius 3 is 2.50 bits per heavy atom. The molecule has 1 unspecified atom stereocenters. The van der Waals surface area contributed by atoms with Gasteiger partial charge in [-0.2, -0.15) is 0 Å². The summed E-state index contributed by atoms with van der Waals surface area (Å²) in [7, 11) is 0. The molecule has 0 aliphatic rings. The van der Waals surface area contributed by atoms with E-state index in [9.17, 15) is 4.55 Å². The van der Waals surface area contributed by atoms with Gasteiger partial charge < -0.3 is 4.55 Å². The largest absolute Gasteiger partial charge is 0.611 e. The van der Waals surface area contributed by atoms with E-state index in [0.29, 0.717) is 5.75 Å². The molecule has 2 aromatic carbocycles. The van der Waals surface area contributed by atoms with Crippen LogP contribution >= 0.6 is 0 Å². The van der Waals surface area contributed by atoms with Crippen LogP contribution in [0.25, 0.3) is 0 Å². The molecule has 2 heteroatoms. The zero-order valence-corrected chi connectivity index (χ0v) is 9.96. The predicted octanol–water partition coefficient (Wildman–Crippen LogP) is 3.10. The van der Waals surface area contributed by atoms with Crippen molar-refractivity contribution in [1.29, 1.82) is 0 Å². The maximum atomic E-state index is 12.0. The maximum absolute atomic E-state index is 12.0. The standard InChI is InChI=1S/C14H13OS/c1-12-6-5-7-13(10-12)11-16(15)14-8-3-2-4-9-14/h2-9H,11H2,1H3. The Morgan fingerprint density at radius 2 is 1.81 bits per heavy atom. The summed E-state index contributed by atoms with van der Waals surface area (Å²) in [5.74, 6) is 0.533. The van der Waals surface area contributed by atoms with Crippen LogP contribution in [-0.2, 0) is 16.9 Å². The van der Waals surface area contributed by atoms with E-state index in [0.717, 1.165) is 16.0 Å². The number of aryl methyl sites for hydroxylation is 1. The zero-order valence-electron chi connectivity index (χ0n) is 9.14. The lowest BCUT2D eigenvalue weighted by atomic mass is 10.2. The Kier molecular flexibility index (Phi) is 3.65. The van der Waals surface area contributed by atoms with Crippen LogP contribution in [0.15, 0.2) is 53.4 Å². The summed E-state index contributed by atoms with van der Waals surface area (Å²) in [5.41, 5.74) is 2.09. The Morgan fingerprint density at radius 1 is 1.06 bits per heavy atom. The average molecular weight is 229 g/mol. The highest BCUT2D eigenvalue weighted by Gasteiger charge is 2.10. The van der Waals surface area contributed by atoms with Crippen LogP contribution < -0.4 is 0 Å². The molecule has 1 atom stereocenters. The van der Waals surface area contributed by atoms with Crippen molar-refractivity contribution >= 4 is 11.2 Å². The van der Waals surface area contributed by atoms with Crippen molar-refractivity contribution < 1.29 is 4.55 Å². The van der Waals surface area contributed by atoms with Crippen molar-refractivity contribution in [1.82, 2.24) is 0 Å². The van der Waals surface area contributed by atoms with Crippen molar-refractivity contribution in [3.63, 3.8) is 0 Å². The fourth-order valence-electron chi connectivity index (χ4n) is 1.53. The molecule has 0 amide bonds. The van der Waals surface area contributed by atoms with Crippen LogP contribution in [0.4, 0.5) is 0 Å². The monoisotopic (exact) mass is 229 g/mol. The van der Waals surface area contributed by atoms with Gasteiger partial charge in [0.1, 0.15) is 5.75 Å². The van der Waals surface area contributed by atoms with Gasteiger partial charge in [-0.05, 0) is 41.9 Å². The summed E-state index contributed by atoms with van der Waals surface area (Å²) >= 11 is -0.974. The van der Waals surface area contributed by atoms with Gasteiger partial charge >= 0.3 is 0 Å². The van der Waals surface area contributed by atoms with Gasteiger partial charge in [0.2, 0.25) is 0 Å². The van der Waals surface area contributed by atoms with E-state index in [1.165, 1.54) is 0 Å².